The van der Waals surface area contributed by atoms with Crippen LogP contribution in [0.4, 0.5) is 4.39 Å². The molecule has 3 rings (SSSR count). The summed E-state index contributed by atoms with van der Waals surface area (Å²) in [6, 6.07) is 17.3. The molecule has 0 radical (unpaired) electrons. The third-order valence-electron chi connectivity index (χ3n) is 4.89. The number of rotatable bonds is 6. The third kappa shape index (κ3) is 4.92. The lowest BCUT2D eigenvalue weighted by Gasteiger charge is -2.12. The minimum absolute atomic E-state index is 0.202. The molecule has 0 amide bonds. The second kappa shape index (κ2) is 9.21. The number of hydrogen-bond acceptors (Lipinski definition) is 2. The van der Waals surface area contributed by atoms with E-state index in [2.05, 4.69) is 24.0 Å². The second-order valence-corrected chi connectivity index (χ2v) is 7.09. The zero-order valence-electron chi connectivity index (χ0n) is 17.1. The van der Waals surface area contributed by atoms with Crippen molar-refractivity contribution in [3.05, 3.63) is 101 Å². The molecule has 29 heavy (non-hydrogen) atoms. The van der Waals surface area contributed by atoms with Gasteiger partial charge in [-0.15, -0.1) is 0 Å². The van der Waals surface area contributed by atoms with Crippen molar-refractivity contribution in [2.24, 2.45) is 5.73 Å². The van der Waals surface area contributed by atoms with Gasteiger partial charge in [-0.05, 0) is 84.5 Å². The SMILES string of the molecule is CCC/C=C(N)/C=C\C(=C(/C)c1ccc(F)c(C)c1)c1ccc2ncc#cc2c1. The number of benzene rings is 2. The molecule has 0 aliphatic heterocycles. The topological polar surface area (TPSA) is 38.9 Å². The van der Waals surface area contributed by atoms with Crippen LogP contribution in [0, 0.1) is 24.9 Å². The summed E-state index contributed by atoms with van der Waals surface area (Å²) in [7, 11) is 0. The van der Waals surface area contributed by atoms with Crippen molar-refractivity contribution >= 4 is 22.0 Å². The fraction of sp³-hybridized carbons (Fsp3) is 0.192. The van der Waals surface area contributed by atoms with Crippen molar-refractivity contribution in [3.8, 4) is 0 Å². The van der Waals surface area contributed by atoms with Gasteiger partial charge in [-0.1, -0.05) is 43.7 Å². The Morgan fingerprint density at radius 1 is 1.14 bits per heavy atom. The molecule has 3 aromatic rings. The lowest BCUT2D eigenvalue weighted by molar-refractivity contribution is 0.618. The van der Waals surface area contributed by atoms with Gasteiger partial charge in [-0.25, -0.2) is 9.37 Å². The van der Waals surface area contributed by atoms with E-state index in [0.717, 1.165) is 51.7 Å². The number of unbranched alkanes of at least 4 members (excludes halogenated alkanes) is 1. The van der Waals surface area contributed by atoms with E-state index in [9.17, 15) is 4.39 Å². The fourth-order valence-electron chi connectivity index (χ4n) is 3.16. The maximum atomic E-state index is 13.8. The molecular weight excluding hydrogens is 359 g/mol. The van der Waals surface area contributed by atoms with Crippen LogP contribution in [-0.4, -0.2) is 4.98 Å². The minimum atomic E-state index is -0.202. The number of hydrogen-bond donors (Lipinski definition) is 1. The van der Waals surface area contributed by atoms with E-state index in [1.807, 2.05) is 55.5 Å². The molecule has 0 aliphatic carbocycles. The van der Waals surface area contributed by atoms with Gasteiger partial charge in [0.25, 0.3) is 0 Å². The number of aromatic nitrogens is 1. The lowest BCUT2D eigenvalue weighted by atomic mass is 9.93. The van der Waals surface area contributed by atoms with E-state index in [0.29, 0.717) is 5.56 Å². The predicted octanol–water partition coefficient (Wildman–Crippen LogP) is 6.41. The monoisotopic (exact) mass is 384 g/mol. The van der Waals surface area contributed by atoms with Crippen molar-refractivity contribution < 1.29 is 4.39 Å². The number of aryl methyl sites for hydroxylation is 1. The minimum Gasteiger partial charge on any atom is -0.399 e. The Morgan fingerprint density at radius 2 is 1.93 bits per heavy atom. The summed E-state index contributed by atoms with van der Waals surface area (Å²) in [6.45, 7) is 5.94. The number of nitrogens with zero attached hydrogens (tertiary/aromatic N) is 1. The molecule has 0 bridgehead atoms. The quantitative estimate of drug-likeness (QED) is 0.394. The first kappa shape index (κ1) is 20.4. The van der Waals surface area contributed by atoms with Gasteiger partial charge in [-0.3, -0.25) is 0 Å². The highest BCUT2D eigenvalue weighted by molar-refractivity contribution is 5.97. The lowest BCUT2D eigenvalue weighted by Crippen LogP contribution is -1.94. The molecule has 3 heteroatoms. The van der Waals surface area contributed by atoms with Crippen molar-refractivity contribution in [1.82, 2.24) is 4.98 Å². The average molecular weight is 384 g/mol. The molecule has 0 spiro atoms. The van der Waals surface area contributed by atoms with Gasteiger partial charge in [0.2, 0.25) is 0 Å². The van der Waals surface area contributed by atoms with Crippen molar-refractivity contribution in [2.45, 2.75) is 33.6 Å². The van der Waals surface area contributed by atoms with Gasteiger partial charge in [0.05, 0.1) is 17.1 Å². The Balaban J connectivity index is 2.14. The van der Waals surface area contributed by atoms with Gasteiger partial charge >= 0.3 is 0 Å². The summed E-state index contributed by atoms with van der Waals surface area (Å²) < 4.78 is 13.8. The first-order valence-electron chi connectivity index (χ1n) is 9.79. The summed E-state index contributed by atoms with van der Waals surface area (Å²) in [6.07, 6.45) is 9.58. The Bertz CT molecular complexity index is 1110. The summed E-state index contributed by atoms with van der Waals surface area (Å²) in [4.78, 5) is 4.32. The second-order valence-electron chi connectivity index (χ2n) is 7.09. The molecule has 2 nitrogen and oxygen atoms in total. The van der Waals surface area contributed by atoms with Crippen LogP contribution in [0.1, 0.15) is 43.4 Å². The van der Waals surface area contributed by atoms with Crippen LogP contribution in [0.2, 0.25) is 0 Å². The molecular formula is C26H25FN2. The first-order chi connectivity index (χ1) is 14.0. The Hall–Kier alpha value is -3.38. The van der Waals surface area contributed by atoms with Gasteiger partial charge in [-0.2, -0.15) is 0 Å². The standard InChI is InChI=1S/C26H25FN2/c1-4-5-8-23(28)11-12-24(19(3)20-9-13-25(27)18(2)16-20)21-10-14-26-22(17-21)7-6-15-29-26/h8-17H,4-5,28H2,1-3H3/b12-11-,23-8-,24-19-. The van der Waals surface area contributed by atoms with Crippen LogP contribution < -0.4 is 5.73 Å². The molecule has 0 unspecified atom stereocenters. The molecule has 2 aromatic carbocycles. The highest BCUT2D eigenvalue weighted by Gasteiger charge is 2.09. The number of fused-ring (bicyclic) bond motifs is 1. The van der Waals surface area contributed by atoms with Crippen LogP contribution >= 0.6 is 0 Å². The summed E-state index contributed by atoms with van der Waals surface area (Å²) in [5.41, 5.74) is 12.4. The van der Waals surface area contributed by atoms with Gasteiger partial charge in [0, 0.05) is 5.70 Å². The van der Waals surface area contributed by atoms with Crippen molar-refractivity contribution in [3.63, 3.8) is 0 Å². The maximum absolute atomic E-state index is 13.8. The number of halogens is 1. The van der Waals surface area contributed by atoms with Gasteiger partial charge < -0.3 is 5.73 Å². The van der Waals surface area contributed by atoms with E-state index >= 15 is 0 Å². The molecule has 0 saturated heterocycles. The number of allylic oxidation sites excluding steroid dienone is 5. The summed E-state index contributed by atoms with van der Waals surface area (Å²) in [5.74, 6) is -0.202. The van der Waals surface area contributed by atoms with E-state index < -0.39 is 0 Å². The van der Waals surface area contributed by atoms with Gasteiger partial charge in [0.15, 0.2) is 0 Å². The van der Waals surface area contributed by atoms with Gasteiger partial charge in [0.1, 0.15) is 5.82 Å². The smallest absolute Gasteiger partial charge is 0.126 e. The predicted molar refractivity (Wildman–Crippen MR) is 119 cm³/mol. The summed E-state index contributed by atoms with van der Waals surface area (Å²) >= 11 is 0. The van der Waals surface area contributed by atoms with Crippen LogP contribution in [-0.2, 0) is 0 Å². The van der Waals surface area contributed by atoms with Crippen LogP contribution in [0.15, 0.2) is 66.5 Å². The maximum Gasteiger partial charge on any atom is 0.126 e. The molecule has 2 N–H and O–H groups in total. The van der Waals surface area contributed by atoms with Crippen molar-refractivity contribution in [1.29, 1.82) is 0 Å². The van der Waals surface area contributed by atoms with Crippen molar-refractivity contribution in [2.75, 3.05) is 0 Å². The van der Waals surface area contributed by atoms with E-state index in [1.165, 1.54) is 6.07 Å². The molecule has 146 valence electrons. The van der Waals surface area contributed by atoms with Crippen LogP contribution in [0.5, 0.6) is 0 Å². The fourth-order valence-corrected chi connectivity index (χ4v) is 3.16. The molecule has 1 heterocycles. The zero-order chi connectivity index (χ0) is 20.8. The van der Waals surface area contributed by atoms with E-state index in [1.54, 1.807) is 13.1 Å². The Morgan fingerprint density at radius 3 is 2.69 bits per heavy atom. The number of nitrogens with two attached hydrogens (primary N) is 1. The van der Waals surface area contributed by atoms with Crippen LogP contribution in [0.25, 0.3) is 22.0 Å². The largest absolute Gasteiger partial charge is 0.399 e. The normalized spacial score (nSPS) is 12.9. The third-order valence-corrected chi connectivity index (χ3v) is 4.89. The molecule has 0 fully saturated rings. The average Bonchev–Trinajstić information content (AvgIpc) is 2.74. The highest BCUT2D eigenvalue weighted by atomic mass is 19.1. The molecule has 0 saturated carbocycles. The molecule has 0 aliphatic rings. The van der Waals surface area contributed by atoms with Crippen LogP contribution in [0.3, 0.4) is 0 Å². The van der Waals surface area contributed by atoms with E-state index in [-0.39, 0.29) is 5.82 Å². The zero-order valence-corrected chi connectivity index (χ0v) is 17.1. The Labute approximate surface area is 172 Å². The molecule has 1 aromatic heterocycles. The van der Waals surface area contributed by atoms with E-state index in [4.69, 9.17) is 5.73 Å². The Kier molecular flexibility index (Phi) is 6.46. The molecule has 0 atom stereocenters. The first-order valence-corrected chi connectivity index (χ1v) is 9.79. The summed E-state index contributed by atoms with van der Waals surface area (Å²) in [5, 5.41) is 0.897. The highest BCUT2D eigenvalue weighted by Crippen LogP contribution is 2.30.